The Kier molecular flexibility index (Phi) is 20.4. The molecule has 1 heteroatoms. The van der Waals surface area contributed by atoms with Crippen molar-refractivity contribution in [1.29, 1.82) is 0 Å². The maximum Gasteiger partial charge on any atom is 0.120 e. The molecule has 0 aromatic carbocycles. The van der Waals surface area contributed by atoms with Crippen LogP contribution >= 0.6 is 0 Å². The van der Waals surface area contributed by atoms with Crippen LogP contribution in [0.1, 0.15) is 92.4 Å². The van der Waals surface area contributed by atoms with Gasteiger partial charge in [0.15, 0.2) is 0 Å². The van der Waals surface area contributed by atoms with E-state index in [1.54, 1.807) is 0 Å². The van der Waals surface area contributed by atoms with Crippen molar-refractivity contribution >= 4 is 6.29 Å². The van der Waals surface area contributed by atoms with Crippen LogP contribution in [0.25, 0.3) is 0 Å². The zero-order chi connectivity index (χ0) is 17.9. The summed E-state index contributed by atoms with van der Waals surface area (Å²) >= 11 is 0. The summed E-state index contributed by atoms with van der Waals surface area (Å²) in [5.74, 6) is 1.86. The lowest BCUT2D eigenvalue weighted by atomic mass is 9.85. The summed E-state index contributed by atoms with van der Waals surface area (Å²) in [5, 5.41) is 0. The Morgan fingerprint density at radius 2 is 1.61 bits per heavy atom. The van der Waals surface area contributed by atoms with E-state index in [-0.39, 0.29) is 0 Å². The van der Waals surface area contributed by atoms with Crippen LogP contribution in [0.3, 0.4) is 0 Å². The van der Waals surface area contributed by atoms with Gasteiger partial charge in [0.05, 0.1) is 0 Å². The van der Waals surface area contributed by atoms with Gasteiger partial charge in [-0.05, 0) is 43.9 Å². The zero-order valence-electron chi connectivity index (χ0n) is 16.5. The van der Waals surface area contributed by atoms with Crippen molar-refractivity contribution in [3.63, 3.8) is 0 Å². The molecule has 0 aromatic rings. The molecule has 0 spiro atoms. The molecule has 1 aliphatic carbocycles. The standard InChI is InChI=1S/C13H20O.C7H16.C2H6/c1-3-5-6-13-11(4-2)7-8-12(13)9-10-14;1-3-5-7-6-4-2;1-2/h3-5,10-13H,2,6-9H2,1H3;3-7H2,1-2H3;1-2H3/b5-3-;;. The Bertz CT molecular complexity index is 276. The second-order valence-corrected chi connectivity index (χ2v) is 6.17. The van der Waals surface area contributed by atoms with Gasteiger partial charge in [0.25, 0.3) is 0 Å². The Labute approximate surface area is 146 Å². The molecule has 3 atom stereocenters. The summed E-state index contributed by atoms with van der Waals surface area (Å²) in [6.07, 6.45) is 18.7. The number of aldehydes is 1. The summed E-state index contributed by atoms with van der Waals surface area (Å²) in [4.78, 5) is 10.5. The summed E-state index contributed by atoms with van der Waals surface area (Å²) in [6.45, 7) is 14.4. The topological polar surface area (TPSA) is 17.1 Å². The zero-order valence-corrected chi connectivity index (χ0v) is 16.5. The molecular formula is C22H42O. The van der Waals surface area contributed by atoms with Crippen molar-refractivity contribution < 1.29 is 4.79 Å². The monoisotopic (exact) mass is 322 g/mol. The predicted molar refractivity (Wildman–Crippen MR) is 106 cm³/mol. The number of unbranched alkanes of at least 4 members (excludes halogenated alkanes) is 4. The molecule has 1 nitrogen and oxygen atoms in total. The molecule has 0 amide bonds. The molecule has 0 saturated heterocycles. The molecule has 1 fully saturated rings. The van der Waals surface area contributed by atoms with Gasteiger partial charge >= 0.3 is 0 Å². The van der Waals surface area contributed by atoms with Crippen LogP contribution in [0.4, 0.5) is 0 Å². The second-order valence-electron chi connectivity index (χ2n) is 6.17. The first-order chi connectivity index (χ1) is 11.2. The van der Waals surface area contributed by atoms with E-state index in [1.807, 2.05) is 20.8 Å². The second kappa shape index (κ2) is 19.2. The summed E-state index contributed by atoms with van der Waals surface area (Å²) in [6, 6.07) is 0. The molecule has 136 valence electrons. The van der Waals surface area contributed by atoms with Crippen LogP contribution in [0.15, 0.2) is 24.8 Å². The molecule has 0 aromatic heterocycles. The van der Waals surface area contributed by atoms with Crippen molar-refractivity contribution in [3.8, 4) is 0 Å². The lowest BCUT2D eigenvalue weighted by Crippen LogP contribution is -2.13. The van der Waals surface area contributed by atoms with E-state index >= 15 is 0 Å². The number of rotatable bonds is 9. The number of carbonyl (C=O) groups excluding carboxylic acids is 1. The molecule has 1 saturated carbocycles. The van der Waals surface area contributed by atoms with Crippen molar-refractivity contribution in [2.24, 2.45) is 17.8 Å². The predicted octanol–water partition coefficient (Wildman–Crippen LogP) is 7.37. The third-order valence-electron chi connectivity index (χ3n) is 4.58. The number of hydrogen-bond acceptors (Lipinski definition) is 1. The molecule has 0 aliphatic heterocycles. The average molecular weight is 323 g/mol. The molecule has 0 bridgehead atoms. The first-order valence-electron chi connectivity index (χ1n) is 9.92. The van der Waals surface area contributed by atoms with E-state index in [1.165, 1.54) is 44.9 Å². The first-order valence-corrected chi connectivity index (χ1v) is 9.92. The highest BCUT2D eigenvalue weighted by atomic mass is 16.1. The third kappa shape index (κ3) is 12.3. The molecule has 1 aliphatic rings. The van der Waals surface area contributed by atoms with E-state index in [9.17, 15) is 4.79 Å². The Morgan fingerprint density at radius 3 is 2.04 bits per heavy atom. The van der Waals surface area contributed by atoms with Crippen molar-refractivity contribution in [2.75, 3.05) is 0 Å². The van der Waals surface area contributed by atoms with E-state index < -0.39 is 0 Å². The van der Waals surface area contributed by atoms with Gasteiger partial charge in [-0.3, -0.25) is 0 Å². The Morgan fingerprint density at radius 1 is 1.00 bits per heavy atom. The van der Waals surface area contributed by atoms with Gasteiger partial charge in [-0.2, -0.15) is 0 Å². The van der Waals surface area contributed by atoms with Crippen molar-refractivity contribution in [3.05, 3.63) is 24.8 Å². The van der Waals surface area contributed by atoms with Gasteiger partial charge in [0.1, 0.15) is 6.29 Å². The smallest absolute Gasteiger partial charge is 0.120 e. The van der Waals surface area contributed by atoms with Crippen LogP contribution in [0.5, 0.6) is 0 Å². The summed E-state index contributed by atoms with van der Waals surface area (Å²) < 4.78 is 0. The lowest BCUT2D eigenvalue weighted by Gasteiger charge is -2.20. The average Bonchev–Trinajstić information content (AvgIpc) is 2.98. The molecular weight excluding hydrogens is 280 g/mol. The van der Waals surface area contributed by atoms with E-state index in [0.717, 1.165) is 19.1 Å². The molecule has 3 unspecified atom stereocenters. The van der Waals surface area contributed by atoms with Crippen LogP contribution in [-0.4, -0.2) is 6.29 Å². The fraction of sp³-hybridized carbons (Fsp3) is 0.773. The normalized spacial score (nSPS) is 22.7. The fourth-order valence-electron chi connectivity index (χ4n) is 3.23. The highest BCUT2D eigenvalue weighted by molar-refractivity contribution is 5.50. The maximum atomic E-state index is 10.5. The van der Waals surface area contributed by atoms with Crippen LogP contribution in [0.2, 0.25) is 0 Å². The van der Waals surface area contributed by atoms with E-state index in [0.29, 0.717) is 17.8 Å². The SMILES string of the molecule is C=CC1CCC(CC=O)C1C/C=C\C.CC.CCCCCCC. The molecule has 0 N–H and O–H groups in total. The Hall–Kier alpha value is -0.850. The van der Waals surface area contributed by atoms with E-state index in [2.05, 4.69) is 38.7 Å². The minimum atomic E-state index is 0.590. The number of carbonyl (C=O) groups is 1. The minimum absolute atomic E-state index is 0.590. The third-order valence-corrected chi connectivity index (χ3v) is 4.58. The largest absolute Gasteiger partial charge is 0.303 e. The molecule has 1 rings (SSSR count). The molecule has 23 heavy (non-hydrogen) atoms. The number of allylic oxidation sites excluding steroid dienone is 3. The van der Waals surface area contributed by atoms with Crippen LogP contribution in [-0.2, 0) is 4.79 Å². The molecule has 0 radical (unpaired) electrons. The van der Waals surface area contributed by atoms with Gasteiger partial charge in [0.2, 0.25) is 0 Å². The summed E-state index contributed by atoms with van der Waals surface area (Å²) in [7, 11) is 0. The van der Waals surface area contributed by atoms with Crippen LogP contribution in [0, 0.1) is 17.8 Å². The van der Waals surface area contributed by atoms with Gasteiger partial charge in [0, 0.05) is 6.42 Å². The van der Waals surface area contributed by atoms with Crippen LogP contribution < -0.4 is 0 Å². The Balaban J connectivity index is 0. The summed E-state index contributed by atoms with van der Waals surface area (Å²) in [5.41, 5.74) is 0. The highest BCUT2D eigenvalue weighted by Crippen LogP contribution is 2.41. The molecule has 0 heterocycles. The highest BCUT2D eigenvalue weighted by Gasteiger charge is 2.32. The van der Waals surface area contributed by atoms with Crippen molar-refractivity contribution in [1.82, 2.24) is 0 Å². The maximum absolute atomic E-state index is 10.5. The number of hydrogen-bond donors (Lipinski definition) is 0. The van der Waals surface area contributed by atoms with Gasteiger partial charge in [-0.1, -0.05) is 78.0 Å². The lowest BCUT2D eigenvalue weighted by molar-refractivity contribution is -0.108. The van der Waals surface area contributed by atoms with Crippen molar-refractivity contribution in [2.45, 2.75) is 92.4 Å². The van der Waals surface area contributed by atoms with E-state index in [4.69, 9.17) is 0 Å². The fourth-order valence-corrected chi connectivity index (χ4v) is 3.23. The minimum Gasteiger partial charge on any atom is -0.303 e. The quantitative estimate of drug-likeness (QED) is 0.246. The first kappa shape index (κ1) is 24.4. The van der Waals surface area contributed by atoms with Gasteiger partial charge < -0.3 is 4.79 Å². The van der Waals surface area contributed by atoms with Gasteiger partial charge in [-0.15, -0.1) is 6.58 Å². The van der Waals surface area contributed by atoms with Gasteiger partial charge in [-0.25, -0.2) is 0 Å².